The zero-order valence-electron chi connectivity index (χ0n) is 12.9. The third kappa shape index (κ3) is 5.85. The number of hydrogen-bond acceptors (Lipinski definition) is 3. The van der Waals surface area contributed by atoms with Crippen LogP contribution in [-0.4, -0.2) is 18.4 Å². The molecule has 0 radical (unpaired) electrons. The van der Waals surface area contributed by atoms with E-state index in [1.165, 1.54) is 0 Å². The van der Waals surface area contributed by atoms with E-state index >= 15 is 0 Å². The Balaban J connectivity index is 2.48. The molecule has 0 aliphatic rings. The van der Waals surface area contributed by atoms with Gasteiger partial charge in [-0.3, -0.25) is 20.4 Å². The van der Waals surface area contributed by atoms with Crippen molar-refractivity contribution in [3.63, 3.8) is 0 Å². The SMILES string of the molecule is CCCC(=O)NNC(=O)COc1ccccc1[C@@H](C)CC. The van der Waals surface area contributed by atoms with Crippen molar-refractivity contribution in [2.75, 3.05) is 6.61 Å². The fraction of sp³-hybridized carbons (Fsp3) is 0.500. The molecule has 21 heavy (non-hydrogen) atoms. The Labute approximate surface area is 126 Å². The van der Waals surface area contributed by atoms with E-state index in [1.807, 2.05) is 31.2 Å². The van der Waals surface area contributed by atoms with Crippen LogP contribution in [0.4, 0.5) is 0 Å². The lowest BCUT2D eigenvalue weighted by Gasteiger charge is -2.15. The molecule has 1 atom stereocenters. The van der Waals surface area contributed by atoms with E-state index in [0.717, 1.165) is 18.4 Å². The van der Waals surface area contributed by atoms with Crippen LogP contribution < -0.4 is 15.6 Å². The maximum absolute atomic E-state index is 11.6. The van der Waals surface area contributed by atoms with Gasteiger partial charge in [-0.15, -0.1) is 0 Å². The molecule has 116 valence electrons. The molecule has 0 unspecified atom stereocenters. The Morgan fingerprint density at radius 2 is 1.81 bits per heavy atom. The highest BCUT2D eigenvalue weighted by Crippen LogP contribution is 2.28. The van der Waals surface area contributed by atoms with E-state index in [4.69, 9.17) is 4.74 Å². The van der Waals surface area contributed by atoms with Gasteiger partial charge in [0.05, 0.1) is 0 Å². The van der Waals surface area contributed by atoms with E-state index in [-0.39, 0.29) is 18.4 Å². The smallest absolute Gasteiger partial charge is 0.276 e. The molecule has 5 nitrogen and oxygen atoms in total. The molecule has 0 bridgehead atoms. The number of hydrogen-bond donors (Lipinski definition) is 2. The Hall–Kier alpha value is -2.04. The topological polar surface area (TPSA) is 67.4 Å². The summed E-state index contributed by atoms with van der Waals surface area (Å²) in [6.45, 7) is 6.00. The number of carbonyl (C=O) groups excluding carboxylic acids is 2. The number of para-hydroxylation sites is 1. The first kappa shape index (κ1) is 17.0. The molecular weight excluding hydrogens is 268 g/mol. The summed E-state index contributed by atoms with van der Waals surface area (Å²) in [5.41, 5.74) is 5.77. The van der Waals surface area contributed by atoms with Crippen molar-refractivity contribution in [2.45, 2.75) is 46.0 Å². The minimum absolute atomic E-state index is 0.125. The van der Waals surface area contributed by atoms with Crippen LogP contribution in [-0.2, 0) is 9.59 Å². The highest BCUT2D eigenvalue weighted by molar-refractivity contribution is 5.82. The fourth-order valence-electron chi connectivity index (χ4n) is 1.85. The molecule has 0 aliphatic heterocycles. The highest BCUT2D eigenvalue weighted by atomic mass is 16.5. The monoisotopic (exact) mass is 292 g/mol. The Morgan fingerprint density at radius 3 is 2.48 bits per heavy atom. The molecule has 0 aromatic heterocycles. The largest absolute Gasteiger partial charge is 0.483 e. The van der Waals surface area contributed by atoms with E-state index in [1.54, 1.807) is 0 Å². The average Bonchev–Trinajstić information content (AvgIpc) is 2.50. The van der Waals surface area contributed by atoms with Crippen molar-refractivity contribution in [2.24, 2.45) is 0 Å². The molecule has 0 aliphatic carbocycles. The standard InChI is InChI=1S/C16H24N2O3/c1-4-8-15(19)17-18-16(20)11-21-14-10-7-6-9-13(14)12(3)5-2/h6-7,9-10,12H,4-5,8,11H2,1-3H3,(H,17,19)(H,18,20)/t12-/m0/s1. The van der Waals surface area contributed by atoms with Crippen molar-refractivity contribution in [1.29, 1.82) is 0 Å². The van der Waals surface area contributed by atoms with Crippen LogP contribution in [0.2, 0.25) is 0 Å². The lowest BCUT2D eigenvalue weighted by atomic mass is 9.98. The molecule has 5 heteroatoms. The van der Waals surface area contributed by atoms with Crippen LogP contribution >= 0.6 is 0 Å². The number of amides is 2. The van der Waals surface area contributed by atoms with E-state index < -0.39 is 0 Å². The predicted octanol–water partition coefficient (Wildman–Crippen LogP) is 2.53. The zero-order valence-corrected chi connectivity index (χ0v) is 12.9. The van der Waals surface area contributed by atoms with Gasteiger partial charge in [0.1, 0.15) is 5.75 Å². The second kappa shape index (κ2) is 9.00. The molecule has 1 aromatic carbocycles. The molecule has 2 amide bonds. The van der Waals surface area contributed by atoms with Gasteiger partial charge in [-0.2, -0.15) is 0 Å². The summed E-state index contributed by atoms with van der Waals surface area (Å²) in [5.74, 6) is 0.500. The number of benzene rings is 1. The maximum atomic E-state index is 11.6. The van der Waals surface area contributed by atoms with E-state index in [2.05, 4.69) is 24.7 Å². The van der Waals surface area contributed by atoms with Gasteiger partial charge in [-0.05, 0) is 30.4 Å². The maximum Gasteiger partial charge on any atom is 0.276 e. The molecule has 0 heterocycles. The lowest BCUT2D eigenvalue weighted by molar-refractivity contribution is -0.130. The molecule has 0 saturated heterocycles. The van der Waals surface area contributed by atoms with Gasteiger partial charge in [0, 0.05) is 6.42 Å². The van der Waals surface area contributed by atoms with Gasteiger partial charge in [0.2, 0.25) is 5.91 Å². The van der Waals surface area contributed by atoms with Crippen molar-refractivity contribution in [3.8, 4) is 5.75 Å². The van der Waals surface area contributed by atoms with Gasteiger partial charge in [-0.1, -0.05) is 39.0 Å². The predicted molar refractivity (Wildman–Crippen MR) is 81.8 cm³/mol. The van der Waals surface area contributed by atoms with E-state index in [0.29, 0.717) is 18.1 Å². The number of hydrazine groups is 1. The average molecular weight is 292 g/mol. The van der Waals surface area contributed by atoms with Gasteiger partial charge in [-0.25, -0.2) is 0 Å². The summed E-state index contributed by atoms with van der Waals surface area (Å²) < 4.78 is 5.55. The molecule has 0 spiro atoms. The fourth-order valence-corrected chi connectivity index (χ4v) is 1.85. The number of rotatable bonds is 7. The van der Waals surface area contributed by atoms with Gasteiger partial charge in [0.25, 0.3) is 5.91 Å². The van der Waals surface area contributed by atoms with Crippen LogP contribution in [0.1, 0.15) is 51.5 Å². The summed E-state index contributed by atoms with van der Waals surface area (Å²) in [5, 5.41) is 0. The first-order valence-electron chi connectivity index (χ1n) is 7.37. The highest BCUT2D eigenvalue weighted by Gasteiger charge is 2.11. The zero-order chi connectivity index (χ0) is 15.7. The molecule has 1 aromatic rings. The summed E-state index contributed by atoms with van der Waals surface area (Å²) >= 11 is 0. The van der Waals surface area contributed by atoms with Crippen molar-refractivity contribution in [1.82, 2.24) is 10.9 Å². The minimum Gasteiger partial charge on any atom is -0.483 e. The Bertz CT molecular complexity index is 474. The van der Waals surface area contributed by atoms with Crippen LogP contribution in [0.5, 0.6) is 5.75 Å². The van der Waals surface area contributed by atoms with Gasteiger partial charge < -0.3 is 4.74 Å². The molecular formula is C16H24N2O3. The van der Waals surface area contributed by atoms with Gasteiger partial charge >= 0.3 is 0 Å². The number of carbonyl (C=O) groups is 2. The number of ether oxygens (including phenoxy) is 1. The molecule has 0 fully saturated rings. The van der Waals surface area contributed by atoms with Crippen molar-refractivity contribution >= 4 is 11.8 Å². The Kier molecular flexibility index (Phi) is 7.29. The summed E-state index contributed by atoms with van der Waals surface area (Å²) in [6, 6.07) is 7.69. The first-order valence-corrected chi connectivity index (χ1v) is 7.37. The van der Waals surface area contributed by atoms with Crippen molar-refractivity contribution in [3.05, 3.63) is 29.8 Å². The van der Waals surface area contributed by atoms with Crippen LogP contribution in [0, 0.1) is 0 Å². The summed E-state index contributed by atoms with van der Waals surface area (Å²) in [7, 11) is 0. The quantitative estimate of drug-likeness (QED) is 0.759. The summed E-state index contributed by atoms with van der Waals surface area (Å²) in [4.78, 5) is 22.9. The first-order chi connectivity index (χ1) is 10.1. The molecule has 1 rings (SSSR count). The normalized spacial score (nSPS) is 11.6. The lowest BCUT2D eigenvalue weighted by Crippen LogP contribution is -2.43. The molecule has 2 N–H and O–H groups in total. The van der Waals surface area contributed by atoms with Crippen LogP contribution in [0.3, 0.4) is 0 Å². The third-order valence-corrected chi connectivity index (χ3v) is 3.24. The van der Waals surface area contributed by atoms with Crippen LogP contribution in [0.15, 0.2) is 24.3 Å². The minimum atomic E-state index is -0.376. The number of nitrogens with one attached hydrogen (secondary N) is 2. The Morgan fingerprint density at radius 1 is 1.14 bits per heavy atom. The summed E-state index contributed by atoms with van der Waals surface area (Å²) in [6.07, 6.45) is 2.12. The van der Waals surface area contributed by atoms with Crippen molar-refractivity contribution < 1.29 is 14.3 Å². The van der Waals surface area contributed by atoms with E-state index in [9.17, 15) is 9.59 Å². The molecule has 0 saturated carbocycles. The second-order valence-electron chi connectivity index (χ2n) is 4.98. The van der Waals surface area contributed by atoms with Gasteiger partial charge in [0.15, 0.2) is 6.61 Å². The third-order valence-electron chi connectivity index (χ3n) is 3.24. The van der Waals surface area contributed by atoms with Crippen LogP contribution in [0.25, 0.3) is 0 Å². The second-order valence-corrected chi connectivity index (χ2v) is 4.98.